The van der Waals surface area contributed by atoms with E-state index in [1.165, 1.54) is 14.2 Å². The van der Waals surface area contributed by atoms with Crippen LogP contribution in [-0.4, -0.2) is 31.8 Å². The quantitative estimate of drug-likeness (QED) is 0.293. The van der Waals surface area contributed by atoms with Gasteiger partial charge >= 0.3 is 5.97 Å². The second kappa shape index (κ2) is 10.0. The minimum Gasteiger partial charge on any atom is -0.496 e. The Labute approximate surface area is 192 Å². The Morgan fingerprint density at radius 3 is 2.52 bits per heavy atom. The Morgan fingerprint density at radius 1 is 1.06 bits per heavy atom. The van der Waals surface area contributed by atoms with Crippen molar-refractivity contribution in [3.63, 3.8) is 0 Å². The molecule has 0 spiro atoms. The number of aromatic nitrogens is 1. The van der Waals surface area contributed by atoms with Crippen LogP contribution in [-0.2, 0) is 9.53 Å². The molecular weight excluding hydrogens is 472 g/mol. The van der Waals surface area contributed by atoms with E-state index >= 15 is 0 Å². The van der Waals surface area contributed by atoms with Crippen molar-refractivity contribution in [1.82, 2.24) is 4.98 Å². The predicted octanol–water partition coefficient (Wildman–Crippen LogP) is 6.20. The van der Waals surface area contributed by atoms with Gasteiger partial charge in [-0.05, 0) is 35.9 Å². The molecule has 31 heavy (non-hydrogen) atoms. The lowest BCUT2D eigenvalue weighted by Crippen LogP contribution is -2.14. The molecule has 0 aliphatic rings. The SMILES string of the molecule is COC(=O)COc1nc(F)c(Cl)c(Oc2ccc(OC)c(-c3cccc(Cl)c3)c2)c1Cl. The molecule has 6 nitrogen and oxygen atoms in total. The average molecular weight is 487 g/mol. The third-order valence-corrected chi connectivity index (χ3v) is 4.94. The maximum atomic E-state index is 14.2. The number of pyridine rings is 1. The molecule has 0 fully saturated rings. The molecule has 1 heterocycles. The zero-order valence-corrected chi connectivity index (χ0v) is 18.5. The number of methoxy groups -OCH3 is 2. The fraction of sp³-hybridized carbons (Fsp3) is 0.143. The first-order chi connectivity index (χ1) is 14.8. The maximum absolute atomic E-state index is 14.2. The highest BCUT2D eigenvalue weighted by Gasteiger charge is 2.22. The summed E-state index contributed by atoms with van der Waals surface area (Å²) in [7, 11) is 2.71. The molecule has 0 bridgehead atoms. The molecule has 3 aromatic rings. The number of carbonyl (C=O) groups excluding carboxylic acids is 1. The van der Waals surface area contributed by atoms with E-state index < -0.39 is 23.5 Å². The lowest BCUT2D eigenvalue weighted by Gasteiger charge is -2.15. The van der Waals surface area contributed by atoms with Gasteiger partial charge in [0.15, 0.2) is 12.4 Å². The van der Waals surface area contributed by atoms with Crippen LogP contribution in [0.25, 0.3) is 11.1 Å². The molecule has 0 amide bonds. The van der Waals surface area contributed by atoms with Crippen LogP contribution in [0.3, 0.4) is 0 Å². The molecule has 0 radical (unpaired) electrons. The van der Waals surface area contributed by atoms with Crippen LogP contribution in [0.1, 0.15) is 0 Å². The summed E-state index contributed by atoms with van der Waals surface area (Å²) in [6.45, 7) is -0.523. The first-order valence-corrected chi connectivity index (χ1v) is 9.83. The summed E-state index contributed by atoms with van der Waals surface area (Å²) in [5.74, 6) is -1.52. The molecule has 3 rings (SSSR count). The summed E-state index contributed by atoms with van der Waals surface area (Å²) in [6.07, 6.45) is 0. The second-order valence-electron chi connectivity index (χ2n) is 6.00. The Balaban J connectivity index is 1.99. The minimum atomic E-state index is -1.08. The van der Waals surface area contributed by atoms with Crippen LogP contribution in [0.15, 0.2) is 42.5 Å². The molecule has 2 aromatic carbocycles. The number of carbonyl (C=O) groups is 1. The van der Waals surface area contributed by atoms with Crippen LogP contribution in [0, 0.1) is 5.95 Å². The number of benzene rings is 2. The van der Waals surface area contributed by atoms with Crippen molar-refractivity contribution in [3.05, 3.63) is 63.5 Å². The Morgan fingerprint density at radius 2 is 1.84 bits per heavy atom. The van der Waals surface area contributed by atoms with Gasteiger partial charge in [-0.15, -0.1) is 0 Å². The number of ether oxygens (including phenoxy) is 4. The summed E-state index contributed by atoms with van der Waals surface area (Å²) in [4.78, 5) is 14.8. The van der Waals surface area contributed by atoms with E-state index in [1.54, 1.807) is 36.4 Å². The predicted molar refractivity (Wildman–Crippen MR) is 115 cm³/mol. The first kappa shape index (κ1) is 22.9. The summed E-state index contributed by atoms with van der Waals surface area (Å²) in [6, 6.07) is 12.1. The molecule has 0 atom stereocenters. The van der Waals surface area contributed by atoms with Crippen LogP contribution >= 0.6 is 34.8 Å². The lowest BCUT2D eigenvalue weighted by molar-refractivity contribution is -0.143. The van der Waals surface area contributed by atoms with Gasteiger partial charge in [-0.1, -0.05) is 46.9 Å². The minimum absolute atomic E-state index is 0.213. The molecular formula is C21H15Cl3FNO5. The van der Waals surface area contributed by atoms with Crippen LogP contribution in [0.2, 0.25) is 15.1 Å². The zero-order chi connectivity index (χ0) is 22.5. The summed E-state index contributed by atoms with van der Waals surface area (Å²) in [5, 5.41) is -0.119. The monoisotopic (exact) mass is 485 g/mol. The number of hydrogen-bond acceptors (Lipinski definition) is 6. The zero-order valence-electron chi connectivity index (χ0n) is 16.2. The van der Waals surface area contributed by atoms with E-state index in [0.29, 0.717) is 16.3 Å². The summed E-state index contributed by atoms with van der Waals surface area (Å²) < 4.78 is 35.0. The van der Waals surface area contributed by atoms with Gasteiger partial charge in [0.1, 0.15) is 21.5 Å². The van der Waals surface area contributed by atoms with Gasteiger partial charge in [-0.25, -0.2) is 4.79 Å². The van der Waals surface area contributed by atoms with E-state index in [0.717, 1.165) is 5.56 Å². The number of nitrogens with zero attached hydrogens (tertiary/aromatic N) is 1. The van der Waals surface area contributed by atoms with Crippen molar-refractivity contribution in [2.45, 2.75) is 0 Å². The van der Waals surface area contributed by atoms with Crippen molar-refractivity contribution in [1.29, 1.82) is 0 Å². The number of halogens is 4. The standard InChI is InChI=1S/C21H15Cl3FNO5/c1-28-15-7-6-13(9-14(15)11-4-3-5-12(22)8-11)31-19-17(23)20(25)26-21(18(19)24)30-10-16(27)29-2/h3-9H,10H2,1-2H3. The lowest BCUT2D eigenvalue weighted by atomic mass is 10.0. The largest absolute Gasteiger partial charge is 0.496 e. The van der Waals surface area contributed by atoms with Crippen molar-refractivity contribution >= 4 is 40.8 Å². The molecule has 162 valence electrons. The topological polar surface area (TPSA) is 66.9 Å². The van der Waals surface area contributed by atoms with Crippen LogP contribution in [0.4, 0.5) is 4.39 Å². The average Bonchev–Trinajstić information content (AvgIpc) is 2.77. The molecule has 0 saturated heterocycles. The highest BCUT2D eigenvalue weighted by Crippen LogP contribution is 2.43. The number of esters is 1. The van der Waals surface area contributed by atoms with Gasteiger partial charge in [-0.2, -0.15) is 9.37 Å². The fourth-order valence-electron chi connectivity index (χ4n) is 2.60. The van der Waals surface area contributed by atoms with Crippen LogP contribution < -0.4 is 14.2 Å². The molecule has 10 heteroatoms. The normalized spacial score (nSPS) is 10.5. The van der Waals surface area contributed by atoms with Gasteiger partial charge in [0.05, 0.1) is 14.2 Å². The molecule has 0 aliphatic heterocycles. The third kappa shape index (κ3) is 5.31. The van der Waals surface area contributed by atoms with Crippen molar-refractivity contribution in [3.8, 4) is 34.3 Å². The summed E-state index contributed by atoms with van der Waals surface area (Å²) in [5.41, 5.74) is 1.45. The van der Waals surface area contributed by atoms with E-state index in [4.69, 9.17) is 49.0 Å². The van der Waals surface area contributed by atoms with Gasteiger partial charge < -0.3 is 18.9 Å². The Hall–Kier alpha value is -2.74. The van der Waals surface area contributed by atoms with Gasteiger partial charge in [0.25, 0.3) is 0 Å². The van der Waals surface area contributed by atoms with Gasteiger partial charge in [-0.3, -0.25) is 0 Å². The second-order valence-corrected chi connectivity index (χ2v) is 7.20. The highest BCUT2D eigenvalue weighted by atomic mass is 35.5. The fourth-order valence-corrected chi connectivity index (χ4v) is 3.24. The molecule has 1 aromatic heterocycles. The number of hydrogen-bond donors (Lipinski definition) is 0. The molecule has 0 N–H and O–H groups in total. The van der Waals surface area contributed by atoms with Crippen molar-refractivity contribution < 1.29 is 28.1 Å². The number of rotatable bonds is 7. The molecule has 0 saturated carbocycles. The van der Waals surface area contributed by atoms with Crippen LogP contribution in [0.5, 0.6) is 23.1 Å². The van der Waals surface area contributed by atoms with E-state index in [9.17, 15) is 9.18 Å². The maximum Gasteiger partial charge on any atom is 0.343 e. The van der Waals surface area contributed by atoms with Gasteiger partial charge in [0.2, 0.25) is 11.8 Å². The van der Waals surface area contributed by atoms with E-state index in [1.807, 2.05) is 6.07 Å². The highest BCUT2D eigenvalue weighted by molar-refractivity contribution is 6.38. The van der Waals surface area contributed by atoms with Crippen molar-refractivity contribution in [2.24, 2.45) is 0 Å². The van der Waals surface area contributed by atoms with Gasteiger partial charge in [0, 0.05) is 10.6 Å². The molecule has 0 aliphatic carbocycles. The van der Waals surface area contributed by atoms with E-state index in [-0.39, 0.29) is 22.4 Å². The third-order valence-electron chi connectivity index (χ3n) is 4.05. The Kier molecular flexibility index (Phi) is 7.43. The molecule has 0 unspecified atom stereocenters. The Bertz CT molecular complexity index is 1130. The first-order valence-electron chi connectivity index (χ1n) is 8.70. The van der Waals surface area contributed by atoms with E-state index in [2.05, 4.69) is 9.72 Å². The smallest absolute Gasteiger partial charge is 0.343 e. The summed E-state index contributed by atoms with van der Waals surface area (Å²) >= 11 is 18.3. The van der Waals surface area contributed by atoms with Crippen molar-refractivity contribution in [2.75, 3.05) is 20.8 Å².